The highest BCUT2D eigenvalue weighted by Crippen LogP contribution is 2.52. The van der Waals surface area contributed by atoms with Crippen LogP contribution in [0.5, 0.6) is 0 Å². The number of nitrogens with zero attached hydrogens (tertiary/aromatic N) is 2. The fourth-order valence-electron chi connectivity index (χ4n) is 8.91. The lowest BCUT2D eigenvalue weighted by atomic mass is 9.85. The summed E-state index contributed by atoms with van der Waals surface area (Å²) in [4.78, 5) is 2.74. The van der Waals surface area contributed by atoms with Gasteiger partial charge in [0.15, 0.2) is 0 Å². The van der Waals surface area contributed by atoms with Crippen LogP contribution in [0.25, 0.3) is 49.5 Å². The fraction of sp³-hybridized carbons (Fsp3) is 0.0800. The number of benzene rings is 7. The lowest BCUT2D eigenvalue weighted by Crippen LogP contribution is -3.13. The highest BCUT2D eigenvalue weighted by Gasteiger charge is 2.36. The highest BCUT2D eigenvalue weighted by atomic mass is 32.2. The minimum atomic E-state index is 0.0559. The molecule has 0 spiro atoms. The van der Waals surface area contributed by atoms with Crippen molar-refractivity contribution in [1.29, 1.82) is 0 Å². The predicted molar refractivity (Wildman–Crippen MR) is 225 cm³/mol. The molecule has 4 heteroatoms. The van der Waals surface area contributed by atoms with Crippen molar-refractivity contribution < 1.29 is 4.90 Å². The maximum Gasteiger partial charge on any atom is 0.129 e. The molecule has 7 aromatic carbocycles. The van der Waals surface area contributed by atoms with Crippen molar-refractivity contribution in [2.45, 2.75) is 28.4 Å². The Labute approximate surface area is 319 Å². The standard InChI is InChI=1S/C50H36N3S/c1-4-13-33(14-5-1)36-23-29-45-43(31-36)44-32-37(40-20-12-21-42-41-19-10-11-22-47(41)54-48(40)42)24-30-46(44)52(45)38-25-27-39(28-26-38)53-49(34-15-6-2-7-16-34)51-50(53)35-17-8-3-9-18-35/h1-32,40,48-50H/q-1/p+1. The summed E-state index contributed by atoms with van der Waals surface area (Å²) in [7, 11) is 0. The molecule has 54 heavy (non-hydrogen) atoms. The molecule has 0 amide bonds. The molecule has 3 nitrogen and oxygen atoms in total. The molecule has 11 rings (SSSR count). The quantitative estimate of drug-likeness (QED) is 0.182. The van der Waals surface area contributed by atoms with E-state index in [4.69, 9.17) is 5.32 Å². The van der Waals surface area contributed by atoms with Crippen molar-refractivity contribution in [2.75, 3.05) is 0 Å². The molecule has 1 saturated heterocycles. The van der Waals surface area contributed by atoms with Crippen LogP contribution in [0.1, 0.15) is 40.5 Å². The van der Waals surface area contributed by atoms with E-state index in [1.165, 1.54) is 76.2 Å². The number of thioether (sulfide) groups is 1. The second kappa shape index (κ2) is 12.9. The summed E-state index contributed by atoms with van der Waals surface area (Å²) in [6.07, 6.45) is 7.10. The molecular weight excluding hydrogens is 675 g/mol. The van der Waals surface area contributed by atoms with E-state index >= 15 is 0 Å². The van der Waals surface area contributed by atoms with E-state index in [-0.39, 0.29) is 12.3 Å². The van der Waals surface area contributed by atoms with Crippen molar-refractivity contribution in [2.24, 2.45) is 0 Å². The van der Waals surface area contributed by atoms with E-state index in [0.29, 0.717) is 11.2 Å². The summed E-state index contributed by atoms with van der Waals surface area (Å²) in [6.45, 7) is 0. The van der Waals surface area contributed by atoms with E-state index in [1.54, 1.807) is 0 Å². The molecule has 1 fully saturated rings. The highest BCUT2D eigenvalue weighted by molar-refractivity contribution is 8.01. The van der Waals surface area contributed by atoms with Crippen molar-refractivity contribution in [1.82, 2.24) is 4.57 Å². The molecule has 1 aliphatic carbocycles. The first-order valence-corrected chi connectivity index (χ1v) is 19.7. The molecule has 3 heterocycles. The molecule has 1 N–H and O–H groups in total. The number of nitrogens with one attached hydrogen (secondary N) is 1. The Hall–Kier alpha value is -5.91. The first kappa shape index (κ1) is 31.6. The van der Waals surface area contributed by atoms with Crippen LogP contribution < -0.4 is 4.90 Å². The Bertz CT molecular complexity index is 2690. The first-order valence-electron chi connectivity index (χ1n) is 18.8. The number of allylic oxidation sites excluding steroid dienone is 3. The van der Waals surface area contributed by atoms with Gasteiger partial charge in [0.1, 0.15) is 5.69 Å². The maximum atomic E-state index is 5.23. The largest absolute Gasteiger partial charge is 0.548 e. The number of hydrogen-bond acceptors (Lipinski definition) is 1. The third-order valence-electron chi connectivity index (χ3n) is 11.5. The summed E-state index contributed by atoms with van der Waals surface area (Å²) < 4.78 is 2.45. The summed E-state index contributed by atoms with van der Waals surface area (Å²) in [6, 6.07) is 64.4. The Morgan fingerprint density at radius 2 is 1.17 bits per heavy atom. The lowest BCUT2D eigenvalue weighted by molar-refractivity contribution is -0.927. The van der Waals surface area contributed by atoms with Gasteiger partial charge in [-0.15, -0.1) is 11.8 Å². The van der Waals surface area contributed by atoms with E-state index in [9.17, 15) is 0 Å². The third-order valence-corrected chi connectivity index (χ3v) is 12.9. The van der Waals surface area contributed by atoms with Crippen LogP contribution in [0.2, 0.25) is 0 Å². The predicted octanol–water partition coefficient (Wildman–Crippen LogP) is 12.0. The molecule has 1 aromatic heterocycles. The average molecular weight is 712 g/mol. The van der Waals surface area contributed by atoms with Crippen LogP contribution in [-0.2, 0) is 0 Å². The lowest BCUT2D eigenvalue weighted by Gasteiger charge is -2.58. The topological polar surface area (TPSA) is 23.5 Å². The molecule has 0 radical (unpaired) electrons. The van der Waals surface area contributed by atoms with Gasteiger partial charge in [-0.1, -0.05) is 140 Å². The summed E-state index contributed by atoms with van der Waals surface area (Å²) in [5.41, 5.74) is 14.0. The second-order valence-corrected chi connectivity index (χ2v) is 15.7. The van der Waals surface area contributed by atoms with E-state index in [1.807, 2.05) is 11.8 Å². The third kappa shape index (κ3) is 5.13. The van der Waals surface area contributed by atoms with Gasteiger partial charge >= 0.3 is 0 Å². The van der Waals surface area contributed by atoms with Crippen molar-refractivity contribution in [3.8, 4) is 16.8 Å². The normalized spacial score (nSPS) is 21.4. The number of quaternary nitrogens is 1. The molecule has 3 aliphatic rings. The average Bonchev–Trinajstić information content (AvgIpc) is 3.77. The maximum absolute atomic E-state index is 5.23. The Balaban J connectivity index is 1.02. The number of hydrogen-bond donors (Lipinski definition) is 1. The Kier molecular flexibility index (Phi) is 7.54. The van der Waals surface area contributed by atoms with Crippen molar-refractivity contribution in [3.05, 3.63) is 222 Å². The SMILES string of the molecule is C1=CC(c2ccc3c(c2)c2cc(-c4ccccc4)ccc2n3-c2ccc([NH+]3C(c4ccccc4)[N-]C3c3ccccc3)cc2)C2Sc3ccccc3C2=C1. The van der Waals surface area contributed by atoms with Crippen LogP contribution in [0, 0.1) is 0 Å². The summed E-state index contributed by atoms with van der Waals surface area (Å²) in [5.74, 6) is 0.293. The minimum absolute atomic E-state index is 0.0559. The number of aromatic nitrogens is 1. The first-order chi connectivity index (χ1) is 26.8. The number of fused-ring (bicyclic) bond motifs is 6. The van der Waals surface area contributed by atoms with Crippen LogP contribution in [0.3, 0.4) is 0 Å². The van der Waals surface area contributed by atoms with Gasteiger partial charge in [0.25, 0.3) is 0 Å². The van der Waals surface area contributed by atoms with E-state index in [0.717, 1.165) is 5.69 Å². The summed E-state index contributed by atoms with van der Waals surface area (Å²) in [5, 5.41) is 8.17. The Morgan fingerprint density at radius 1 is 0.537 bits per heavy atom. The monoisotopic (exact) mass is 711 g/mol. The molecule has 2 aliphatic heterocycles. The molecule has 0 bridgehead atoms. The zero-order valence-electron chi connectivity index (χ0n) is 29.6. The van der Waals surface area contributed by atoms with Gasteiger partial charge in [-0.05, 0) is 81.4 Å². The Morgan fingerprint density at radius 3 is 1.89 bits per heavy atom. The molecule has 258 valence electrons. The van der Waals surface area contributed by atoms with Gasteiger partial charge in [-0.2, -0.15) is 0 Å². The molecule has 0 saturated carbocycles. The van der Waals surface area contributed by atoms with Gasteiger partial charge < -0.3 is 14.8 Å². The number of rotatable bonds is 6. The molecule has 4 atom stereocenters. The molecular formula is C50H37N3S. The second-order valence-electron chi connectivity index (χ2n) is 14.6. The van der Waals surface area contributed by atoms with Gasteiger partial charge in [0.2, 0.25) is 0 Å². The van der Waals surface area contributed by atoms with E-state index in [2.05, 4.69) is 199 Å². The van der Waals surface area contributed by atoms with Crippen molar-refractivity contribution >= 4 is 44.8 Å². The van der Waals surface area contributed by atoms with Crippen LogP contribution in [-0.4, -0.2) is 9.82 Å². The van der Waals surface area contributed by atoms with Crippen molar-refractivity contribution in [3.63, 3.8) is 0 Å². The van der Waals surface area contributed by atoms with Gasteiger partial charge in [0.05, 0.1) is 11.0 Å². The minimum Gasteiger partial charge on any atom is -0.548 e. The smallest absolute Gasteiger partial charge is 0.129 e. The fourth-order valence-corrected chi connectivity index (χ4v) is 10.4. The summed E-state index contributed by atoms with van der Waals surface area (Å²) >= 11 is 2.01. The zero-order chi connectivity index (χ0) is 35.6. The molecule has 8 aromatic rings. The van der Waals surface area contributed by atoms with Crippen LogP contribution >= 0.6 is 11.8 Å². The van der Waals surface area contributed by atoms with Gasteiger partial charge in [0, 0.05) is 57.0 Å². The van der Waals surface area contributed by atoms with Crippen LogP contribution in [0.4, 0.5) is 5.69 Å². The molecule has 4 unspecified atom stereocenters. The zero-order valence-corrected chi connectivity index (χ0v) is 30.4. The van der Waals surface area contributed by atoms with Crippen LogP contribution in [0.15, 0.2) is 199 Å². The van der Waals surface area contributed by atoms with Gasteiger partial charge in [-0.3, -0.25) is 0 Å². The van der Waals surface area contributed by atoms with E-state index < -0.39 is 0 Å². The van der Waals surface area contributed by atoms with Gasteiger partial charge in [-0.25, -0.2) is 0 Å².